The van der Waals surface area contributed by atoms with Crippen LogP contribution in [-0.2, 0) is 14.3 Å². The van der Waals surface area contributed by atoms with E-state index < -0.39 is 0 Å². The Hall–Kier alpha value is -1.06. The van der Waals surface area contributed by atoms with Crippen molar-refractivity contribution in [3.8, 4) is 0 Å². The lowest BCUT2D eigenvalue weighted by Crippen LogP contribution is -2.27. The number of ether oxygens (including phenoxy) is 1. The molecule has 0 saturated carbocycles. The Balaban J connectivity index is 0.00000232. The number of nitrogens with zero attached hydrogens (tertiary/aromatic N) is 1. The van der Waals surface area contributed by atoms with Gasteiger partial charge in [0.15, 0.2) is 0 Å². The molecule has 0 bridgehead atoms. The van der Waals surface area contributed by atoms with Crippen molar-refractivity contribution in [2.24, 2.45) is 5.92 Å². The zero-order chi connectivity index (χ0) is 17.5. The fourth-order valence-corrected chi connectivity index (χ4v) is 2.70. The molecule has 0 N–H and O–H groups in total. The molecule has 23 heavy (non-hydrogen) atoms. The van der Waals surface area contributed by atoms with Crippen LogP contribution in [0.4, 0.5) is 0 Å². The number of likely N-dealkylation sites (tertiary alicyclic amines) is 1. The second-order valence-corrected chi connectivity index (χ2v) is 6.03. The van der Waals surface area contributed by atoms with Crippen LogP contribution in [0.25, 0.3) is 0 Å². The summed E-state index contributed by atoms with van der Waals surface area (Å²) >= 11 is 0. The predicted octanol–water partition coefficient (Wildman–Crippen LogP) is 4.56. The van der Waals surface area contributed by atoms with Gasteiger partial charge in [-0.3, -0.25) is 9.59 Å². The molecule has 4 nitrogen and oxygen atoms in total. The first-order valence-corrected chi connectivity index (χ1v) is 9.63. The lowest BCUT2D eigenvalue weighted by molar-refractivity contribution is -0.148. The fourth-order valence-electron chi connectivity index (χ4n) is 2.70. The quantitative estimate of drug-likeness (QED) is 0.413. The van der Waals surface area contributed by atoms with Gasteiger partial charge in [0, 0.05) is 19.5 Å². The van der Waals surface area contributed by atoms with Crippen molar-refractivity contribution >= 4 is 11.9 Å². The third-order valence-corrected chi connectivity index (χ3v) is 4.07. The summed E-state index contributed by atoms with van der Waals surface area (Å²) in [5, 5.41) is 0. The highest BCUT2D eigenvalue weighted by molar-refractivity contribution is 5.86. The first kappa shape index (κ1) is 21.9. The van der Waals surface area contributed by atoms with E-state index in [-0.39, 0.29) is 17.8 Å². The molecule has 0 radical (unpaired) electrons. The van der Waals surface area contributed by atoms with Crippen molar-refractivity contribution in [3.63, 3.8) is 0 Å². The van der Waals surface area contributed by atoms with Gasteiger partial charge >= 0.3 is 5.97 Å². The number of unbranched alkanes of at least 4 members (excludes halogenated alkanes) is 6. The number of hydrogen-bond acceptors (Lipinski definition) is 3. The maximum Gasteiger partial charge on any atom is 0.311 e. The van der Waals surface area contributed by atoms with Gasteiger partial charge in [-0.05, 0) is 12.8 Å². The van der Waals surface area contributed by atoms with Crippen LogP contribution >= 0.6 is 0 Å². The summed E-state index contributed by atoms with van der Waals surface area (Å²) < 4.78 is 5.26. The van der Waals surface area contributed by atoms with Crippen LogP contribution in [-0.4, -0.2) is 36.5 Å². The minimum absolute atomic E-state index is 0.112. The molecule has 0 spiro atoms. The number of amides is 1. The van der Waals surface area contributed by atoms with Gasteiger partial charge in [-0.15, -0.1) is 0 Å². The minimum atomic E-state index is -0.241. The Morgan fingerprint density at radius 2 is 1.65 bits per heavy atom. The minimum Gasteiger partial charge on any atom is -0.465 e. The second-order valence-electron chi connectivity index (χ2n) is 6.03. The van der Waals surface area contributed by atoms with E-state index in [1.165, 1.54) is 25.7 Å². The monoisotopic (exact) mass is 327 g/mol. The molecular weight excluding hydrogens is 290 g/mol. The third kappa shape index (κ3) is 9.62. The van der Waals surface area contributed by atoms with Crippen LogP contribution < -0.4 is 0 Å². The Morgan fingerprint density at radius 1 is 1.04 bits per heavy atom. The standard InChI is InChI=1S/C17H31NO3.C2H6/c1-3-5-7-8-9-11-18-14-15(13-16(18)19)17(20)21-12-10-6-4-2;1-2/h15H,3-14H2,1-2H3;1-2H3. The molecule has 136 valence electrons. The molecule has 1 rings (SSSR count). The maximum atomic E-state index is 11.9. The Kier molecular flexibility index (Phi) is 13.9. The molecule has 1 saturated heterocycles. The number of carbonyl (C=O) groups excluding carboxylic acids is 2. The van der Waals surface area contributed by atoms with E-state index >= 15 is 0 Å². The molecule has 1 atom stereocenters. The third-order valence-electron chi connectivity index (χ3n) is 4.07. The number of carbonyl (C=O) groups is 2. The average molecular weight is 328 g/mol. The molecule has 0 aromatic rings. The van der Waals surface area contributed by atoms with Crippen LogP contribution in [0.1, 0.15) is 85.5 Å². The molecule has 0 aromatic heterocycles. The van der Waals surface area contributed by atoms with Crippen molar-refractivity contribution < 1.29 is 14.3 Å². The van der Waals surface area contributed by atoms with Crippen LogP contribution in [0.2, 0.25) is 0 Å². The highest BCUT2D eigenvalue weighted by Gasteiger charge is 2.34. The van der Waals surface area contributed by atoms with Gasteiger partial charge in [-0.1, -0.05) is 66.2 Å². The van der Waals surface area contributed by atoms with Crippen molar-refractivity contribution in [1.29, 1.82) is 0 Å². The molecule has 4 heteroatoms. The molecule has 1 fully saturated rings. The topological polar surface area (TPSA) is 46.6 Å². The van der Waals surface area contributed by atoms with Gasteiger partial charge in [0.1, 0.15) is 0 Å². The van der Waals surface area contributed by atoms with E-state index in [1.54, 1.807) is 0 Å². The summed E-state index contributed by atoms with van der Waals surface area (Å²) in [5.41, 5.74) is 0. The number of esters is 1. The van der Waals surface area contributed by atoms with Crippen LogP contribution in [0.3, 0.4) is 0 Å². The van der Waals surface area contributed by atoms with Gasteiger partial charge in [0.25, 0.3) is 0 Å². The normalized spacial score (nSPS) is 17.0. The lowest BCUT2D eigenvalue weighted by Gasteiger charge is -2.16. The zero-order valence-electron chi connectivity index (χ0n) is 15.7. The van der Waals surface area contributed by atoms with Gasteiger partial charge in [0.05, 0.1) is 12.5 Å². The van der Waals surface area contributed by atoms with Gasteiger partial charge in [-0.25, -0.2) is 0 Å². The van der Waals surface area contributed by atoms with Crippen LogP contribution in [0.5, 0.6) is 0 Å². The van der Waals surface area contributed by atoms with E-state index in [9.17, 15) is 9.59 Å². The van der Waals surface area contributed by atoms with Crippen molar-refractivity contribution in [1.82, 2.24) is 4.90 Å². The molecule has 1 heterocycles. The van der Waals surface area contributed by atoms with Crippen molar-refractivity contribution in [3.05, 3.63) is 0 Å². The summed E-state index contributed by atoms with van der Waals surface area (Å²) in [6.45, 7) is 10.2. The molecule has 1 aliphatic rings. The van der Waals surface area contributed by atoms with Crippen LogP contribution in [0.15, 0.2) is 0 Å². The Bertz CT molecular complexity index is 318. The van der Waals surface area contributed by atoms with Crippen molar-refractivity contribution in [2.75, 3.05) is 19.7 Å². The zero-order valence-corrected chi connectivity index (χ0v) is 15.7. The summed E-state index contributed by atoms with van der Waals surface area (Å²) in [6.07, 6.45) is 9.40. The lowest BCUT2D eigenvalue weighted by atomic mass is 10.1. The van der Waals surface area contributed by atoms with Crippen LogP contribution in [0, 0.1) is 5.92 Å². The van der Waals surface area contributed by atoms with Crippen molar-refractivity contribution in [2.45, 2.75) is 85.5 Å². The van der Waals surface area contributed by atoms with E-state index in [4.69, 9.17) is 4.74 Å². The number of hydrogen-bond donors (Lipinski definition) is 0. The summed E-state index contributed by atoms with van der Waals surface area (Å²) in [6, 6.07) is 0. The molecular formula is C19H37NO3. The van der Waals surface area contributed by atoms with Gasteiger partial charge in [-0.2, -0.15) is 0 Å². The van der Waals surface area contributed by atoms with Gasteiger partial charge < -0.3 is 9.64 Å². The average Bonchev–Trinajstić information content (AvgIpc) is 2.94. The smallest absolute Gasteiger partial charge is 0.311 e. The highest BCUT2D eigenvalue weighted by atomic mass is 16.5. The summed E-state index contributed by atoms with van der Waals surface area (Å²) in [5.74, 6) is -0.316. The van der Waals surface area contributed by atoms with E-state index in [1.807, 2.05) is 18.7 Å². The SMILES string of the molecule is CC.CCCCCCCN1CC(C(=O)OCCCCC)CC1=O. The highest BCUT2D eigenvalue weighted by Crippen LogP contribution is 2.20. The van der Waals surface area contributed by atoms with E-state index in [0.717, 1.165) is 32.2 Å². The molecule has 0 aromatic carbocycles. The second kappa shape index (κ2) is 14.5. The van der Waals surface area contributed by atoms with E-state index in [2.05, 4.69) is 13.8 Å². The molecule has 1 amide bonds. The predicted molar refractivity (Wildman–Crippen MR) is 95.3 cm³/mol. The van der Waals surface area contributed by atoms with E-state index in [0.29, 0.717) is 19.6 Å². The molecule has 1 unspecified atom stereocenters. The maximum absolute atomic E-state index is 11.9. The van der Waals surface area contributed by atoms with Gasteiger partial charge in [0.2, 0.25) is 5.91 Å². The first-order chi connectivity index (χ1) is 11.2. The molecule has 1 aliphatic heterocycles. The summed E-state index contributed by atoms with van der Waals surface area (Å²) in [4.78, 5) is 25.7. The Morgan fingerprint density at radius 3 is 2.30 bits per heavy atom. The first-order valence-electron chi connectivity index (χ1n) is 9.63. The largest absolute Gasteiger partial charge is 0.465 e. The molecule has 0 aliphatic carbocycles. The Labute approximate surface area is 143 Å². The fraction of sp³-hybridized carbons (Fsp3) is 0.895. The number of rotatable bonds is 11. The summed E-state index contributed by atoms with van der Waals surface area (Å²) in [7, 11) is 0.